The molecule has 0 heterocycles. The highest BCUT2D eigenvalue weighted by Crippen LogP contribution is 2.14. The molecule has 4 nitrogen and oxygen atoms in total. The molecule has 0 aliphatic heterocycles. The van der Waals surface area contributed by atoms with Gasteiger partial charge in [0.25, 0.3) is 0 Å². The van der Waals surface area contributed by atoms with Crippen LogP contribution >= 0.6 is 0 Å². The number of benzene rings is 2. The van der Waals surface area contributed by atoms with E-state index in [0.29, 0.717) is 17.2 Å². The van der Waals surface area contributed by atoms with Crippen molar-refractivity contribution in [3.05, 3.63) is 65.0 Å². The van der Waals surface area contributed by atoms with Gasteiger partial charge in [0.05, 0.1) is 5.69 Å². The second kappa shape index (κ2) is 6.95. The van der Waals surface area contributed by atoms with Crippen molar-refractivity contribution in [2.45, 2.75) is 13.5 Å². The average molecular weight is 322 g/mol. The predicted octanol–water partition coefficient (Wildman–Crippen LogP) is 2.67. The molecule has 0 bridgehead atoms. The Hall–Kier alpha value is -2.83. The molecule has 0 aromatic heterocycles. The van der Waals surface area contributed by atoms with Gasteiger partial charge in [0, 0.05) is 12.6 Å². The summed E-state index contributed by atoms with van der Waals surface area (Å²) in [6, 6.07) is 6.94. The normalized spacial score (nSPS) is 10.3. The molecule has 0 radical (unpaired) electrons. The lowest BCUT2D eigenvalue weighted by molar-refractivity contribution is -0.136. The first-order chi connectivity index (χ1) is 10.9. The van der Waals surface area contributed by atoms with Gasteiger partial charge in [0.2, 0.25) is 0 Å². The Morgan fingerprint density at radius 2 is 1.70 bits per heavy atom. The highest BCUT2D eigenvalue weighted by molar-refractivity contribution is 6.39. The Labute approximate surface area is 130 Å². The molecule has 2 aromatic carbocycles. The summed E-state index contributed by atoms with van der Waals surface area (Å²) in [5.74, 6) is -4.34. The van der Waals surface area contributed by atoms with Crippen LogP contribution in [0.3, 0.4) is 0 Å². The van der Waals surface area contributed by atoms with Crippen LogP contribution in [0.4, 0.5) is 18.9 Å². The van der Waals surface area contributed by atoms with Crippen LogP contribution < -0.4 is 10.6 Å². The van der Waals surface area contributed by atoms with Gasteiger partial charge < -0.3 is 10.6 Å². The summed E-state index contributed by atoms with van der Waals surface area (Å²) in [4.78, 5) is 23.3. The monoisotopic (exact) mass is 322 g/mol. The topological polar surface area (TPSA) is 58.2 Å². The zero-order chi connectivity index (χ0) is 17.0. The number of anilines is 1. The highest BCUT2D eigenvalue weighted by Gasteiger charge is 2.15. The third kappa shape index (κ3) is 4.32. The van der Waals surface area contributed by atoms with Crippen molar-refractivity contribution < 1.29 is 22.8 Å². The SMILES string of the molecule is Cc1ccc(CNC(=O)C(=O)Nc2ccc(F)cc2F)cc1F. The van der Waals surface area contributed by atoms with E-state index in [1.807, 2.05) is 5.32 Å². The summed E-state index contributed by atoms with van der Waals surface area (Å²) in [5.41, 5.74) is 0.625. The maximum atomic E-state index is 13.4. The van der Waals surface area contributed by atoms with Crippen LogP contribution in [0.5, 0.6) is 0 Å². The van der Waals surface area contributed by atoms with Crippen LogP contribution in [0.2, 0.25) is 0 Å². The van der Waals surface area contributed by atoms with E-state index in [4.69, 9.17) is 0 Å². The van der Waals surface area contributed by atoms with Crippen molar-refractivity contribution in [3.63, 3.8) is 0 Å². The van der Waals surface area contributed by atoms with Gasteiger partial charge >= 0.3 is 11.8 Å². The molecule has 0 atom stereocenters. The van der Waals surface area contributed by atoms with Crippen LogP contribution in [0.25, 0.3) is 0 Å². The molecule has 0 fully saturated rings. The molecule has 0 unspecified atom stereocenters. The number of carbonyl (C=O) groups excluding carboxylic acids is 2. The Kier molecular flexibility index (Phi) is 5.00. The van der Waals surface area contributed by atoms with Crippen molar-refractivity contribution in [3.8, 4) is 0 Å². The molecule has 120 valence electrons. The number of halogens is 3. The second-order valence-electron chi connectivity index (χ2n) is 4.84. The number of amides is 2. The molecule has 0 saturated heterocycles. The van der Waals surface area contributed by atoms with Crippen molar-refractivity contribution >= 4 is 17.5 Å². The smallest absolute Gasteiger partial charge is 0.313 e. The fraction of sp³-hybridized carbons (Fsp3) is 0.125. The van der Waals surface area contributed by atoms with E-state index in [-0.39, 0.29) is 12.2 Å². The molecule has 0 saturated carbocycles. The van der Waals surface area contributed by atoms with Gasteiger partial charge in [-0.1, -0.05) is 12.1 Å². The standard InChI is InChI=1S/C16H13F3N2O2/c1-9-2-3-10(6-12(9)18)8-20-15(22)16(23)21-14-5-4-11(17)7-13(14)19/h2-7H,8H2,1H3,(H,20,22)(H,21,23). The van der Waals surface area contributed by atoms with E-state index >= 15 is 0 Å². The van der Waals surface area contributed by atoms with Crippen molar-refractivity contribution in [1.82, 2.24) is 5.32 Å². The van der Waals surface area contributed by atoms with Crippen LogP contribution in [-0.4, -0.2) is 11.8 Å². The summed E-state index contributed by atoms with van der Waals surface area (Å²) in [5, 5.41) is 4.31. The molecular weight excluding hydrogens is 309 g/mol. The number of hydrogen-bond donors (Lipinski definition) is 2. The summed E-state index contributed by atoms with van der Waals surface area (Å²) in [6.07, 6.45) is 0. The lowest BCUT2D eigenvalue weighted by Gasteiger charge is -2.08. The minimum atomic E-state index is -1.11. The van der Waals surface area contributed by atoms with Gasteiger partial charge in [0.1, 0.15) is 17.5 Å². The van der Waals surface area contributed by atoms with E-state index in [1.54, 1.807) is 19.1 Å². The van der Waals surface area contributed by atoms with Gasteiger partial charge in [-0.25, -0.2) is 13.2 Å². The van der Waals surface area contributed by atoms with Crippen molar-refractivity contribution in [2.24, 2.45) is 0 Å². The first-order valence-electron chi connectivity index (χ1n) is 6.66. The van der Waals surface area contributed by atoms with E-state index < -0.39 is 29.3 Å². The first kappa shape index (κ1) is 16.5. The van der Waals surface area contributed by atoms with Gasteiger partial charge in [-0.3, -0.25) is 9.59 Å². The molecule has 2 amide bonds. The fourth-order valence-electron chi connectivity index (χ4n) is 1.78. The maximum Gasteiger partial charge on any atom is 0.313 e. The van der Waals surface area contributed by atoms with E-state index in [9.17, 15) is 22.8 Å². The molecule has 2 aromatic rings. The molecular formula is C16H13F3N2O2. The molecule has 23 heavy (non-hydrogen) atoms. The number of rotatable bonds is 3. The number of nitrogens with one attached hydrogen (secondary N) is 2. The van der Waals surface area contributed by atoms with E-state index in [1.165, 1.54) is 6.07 Å². The molecule has 2 rings (SSSR count). The summed E-state index contributed by atoms with van der Waals surface area (Å²) < 4.78 is 39.5. The lowest BCUT2D eigenvalue weighted by Crippen LogP contribution is -2.35. The quantitative estimate of drug-likeness (QED) is 0.854. The third-order valence-corrected chi connectivity index (χ3v) is 3.07. The Bertz CT molecular complexity index is 763. The van der Waals surface area contributed by atoms with Crippen LogP contribution in [0, 0.1) is 24.4 Å². The average Bonchev–Trinajstić information content (AvgIpc) is 2.50. The van der Waals surface area contributed by atoms with Gasteiger partial charge in [-0.2, -0.15) is 0 Å². The minimum absolute atomic E-state index is 0.0602. The summed E-state index contributed by atoms with van der Waals surface area (Å²) >= 11 is 0. The fourth-order valence-corrected chi connectivity index (χ4v) is 1.78. The highest BCUT2D eigenvalue weighted by atomic mass is 19.1. The zero-order valence-corrected chi connectivity index (χ0v) is 12.1. The van der Waals surface area contributed by atoms with Crippen molar-refractivity contribution in [1.29, 1.82) is 0 Å². The Morgan fingerprint density at radius 1 is 0.957 bits per heavy atom. The molecule has 2 N–H and O–H groups in total. The molecule has 7 heteroatoms. The molecule has 0 spiro atoms. The second-order valence-corrected chi connectivity index (χ2v) is 4.84. The lowest BCUT2D eigenvalue weighted by atomic mass is 10.1. The Balaban J connectivity index is 1.94. The van der Waals surface area contributed by atoms with E-state index in [2.05, 4.69) is 5.32 Å². The zero-order valence-electron chi connectivity index (χ0n) is 12.1. The van der Waals surface area contributed by atoms with E-state index in [0.717, 1.165) is 12.1 Å². The number of carbonyl (C=O) groups is 2. The molecule has 0 aliphatic rings. The summed E-state index contributed by atoms with van der Waals surface area (Å²) in [6.45, 7) is 1.54. The maximum absolute atomic E-state index is 13.4. The van der Waals surface area contributed by atoms with Crippen molar-refractivity contribution in [2.75, 3.05) is 5.32 Å². The largest absolute Gasteiger partial charge is 0.344 e. The van der Waals surface area contributed by atoms with Crippen LogP contribution in [-0.2, 0) is 16.1 Å². The summed E-state index contributed by atoms with van der Waals surface area (Å²) in [7, 11) is 0. The van der Waals surface area contributed by atoms with Crippen LogP contribution in [0.1, 0.15) is 11.1 Å². The third-order valence-electron chi connectivity index (χ3n) is 3.07. The Morgan fingerprint density at radius 3 is 2.35 bits per heavy atom. The van der Waals surface area contributed by atoms with Gasteiger partial charge in [0.15, 0.2) is 0 Å². The molecule has 0 aliphatic carbocycles. The predicted molar refractivity (Wildman–Crippen MR) is 78.0 cm³/mol. The van der Waals surface area contributed by atoms with Crippen LogP contribution in [0.15, 0.2) is 36.4 Å². The van der Waals surface area contributed by atoms with Gasteiger partial charge in [-0.15, -0.1) is 0 Å². The first-order valence-corrected chi connectivity index (χ1v) is 6.66. The number of aryl methyl sites for hydroxylation is 1. The number of hydrogen-bond acceptors (Lipinski definition) is 2. The minimum Gasteiger partial charge on any atom is -0.344 e. The van der Waals surface area contributed by atoms with Gasteiger partial charge in [-0.05, 0) is 36.2 Å².